The Morgan fingerprint density at radius 3 is 2.65 bits per heavy atom. The number of rotatable bonds is 4. The van der Waals surface area contributed by atoms with E-state index in [9.17, 15) is 8.42 Å². The van der Waals surface area contributed by atoms with E-state index in [1.165, 1.54) is 18.2 Å². The van der Waals surface area contributed by atoms with E-state index in [4.69, 9.17) is 28.5 Å². The van der Waals surface area contributed by atoms with Crippen LogP contribution in [0.2, 0.25) is 5.02 Å². The first-order valence-electron chi connectivity index (χ1n) is 4.93. The molecule has 3 nitrogen and oxygen atoms in total. The molecule has 0 spiro atoms. The van der Waals surface area contributed by atoms with Crippen LogP contribution in [0.15, 0.2) is 23.1 Å². The molecule has 0 bridgehead atoms. The standard InChI is InChI=1S/C11H11Cl2NO2S/c1-8(4-5-12)17(15,16)11-3-2-10(13)6-9(11)7-14/h2-3,6,8H,4-5H2,1H3. The molecule has 1 rings (SSSR count). The molecule has 1 atom stereocenters. The van der Waals surface area contributed by atoms with Crippen LogP contribution in [0.4, 0.5) is 0 Å². The molecule has 6 heteroatoms. The van der Waals surface area contributed by atoms with E-state index in [1.54, 1.807) is 6.92 Å². The van der Waals surface area contributed by atoms with Gasteiger partial charge in [-0.1, -0.05) is 11.6 Å². The van der Waals surface area contributed by atoms with Gasteiger partial charge in [0.05, 0.1) is 15.7 Å². The minimum atomic E-state index is -3.53. The van der Waals surface area contributed by atoms with Gasteiger partial charge in [-0.3, -0.25) is 0 Å². The third-order valence-corrected chi connectivity index (χ3v) is 5.13. The fraction of sp³-hybridized carbons (Fsp3) is 0.364. The van der Waals surface area contributed by atoms with Crippen LogP contribution in [0.3, 0.4) is 0 Å². The molecule has 0 heterocycles. The highest BCUT2D eigenvalue weighted by Crippen LogP contribution is 2.24. The van der Waals surface area contributed by atoms with Gasteiger partial charge in [0, 0.05) is 10.9 Å². The van der Waals surface area contributed by atoms with Crippen LogP contribution in [0.25, 0.3) is 0 Å². The molecule has 1 aromatic rings. The van der Waals surface area contributed by atoms with Crippen LogP contribution in [-0.4, -0.2) is 19.5 Å². The summed E-state index contributed by atoms with van der Waals surface area (Å²) in [6, 6.07) is 6.02. The molecule has 0 N–H and O–H groups in total. The number of hydrogen-bond acceptors (Lipinski definition) is 3. The maximum atomic E-state index is 12.2. The van der Waals surface area contributed by atoms with E-state index in [0.717, 1.165) is 0 Å². The summed E-state index contributed by atoms with van der Waals surface area (Å²) in [7, 11) is -3.53. The van der Waals surface area contributed by atoms with Crippen LogP contribution in [0.1, 0.15) is 18.9 Å². The maximum absolute atomic E-state index is 12.2. The Balaban J connectivity index is 3.30. The average molecular weight is 292 g/mol. The molecule has 0 radical (unpaired) electrons. The first-order chi connectivity index (χ1) is 7.93. The Morgan fingerprint density at radius 2 is 2.12 bits per heavy atom. The molecule has 0 aliphatic carbocycles. The van der Waals surface area contributed by atoms with Gasteiger partial charge in [0.25, 0.3) is 0 Å². The van der Waals surface area contributed by atoms with Crippen molar-refractivity contribution in [2.45, 2.75) is 23.5 Å². The first-order valence-corrected chi connectivity index (χ1v) is 7.39. The van der Waals surface area contributed by atoms with Crippen LogP contribution >= 0.6 is 23.2 Å². The molecule has 0 saturated carbocycles. The zero-order valence-corrected chi connectivity index (χ0v) is 11.5. The summed E-state index contributed by atoms with van der Waals surface area (Å²) in [4.78, 5) is 0.0158. The predicted molar refractivity (Wildman–Crippen MR) is 68.2 cm³/mol. The SMILES string of the molecule is CC(CCCl)S(=O)(=O)c1ccc(Cl)cc1C#N. The van der Waals surface area contributed by atoms with Crippen LogP contribution in [-0.2, 0) is 9.84 Å². The zero-order chi connectivity index (χ0) is 13.1. The second-order valence-corrected chi connectivity index (χ2v) is 6.73. The number of halogens is 2. The van der Waals surface area contributed by atoms with Gasteiger partial charge in [-0.2, -0.15) is 5.26 Å². The second-order valence-electron chi connectivity index (χ2n) is 3.59. The highest BCUT2D eigenvalue weighted by atomic mass is 35.5. The highest BCUT2D eigenvalue weighted by molar-refractivity contribution is 7.92. The van der Waals surface area contributed by atoms with Crippen molar-refractivity contribution in [1.82, 2.24) is 0 Å². The summed E-state index contributed by atoms with van der Waals surface area (Å²) in [6.45, 7) is 1.58. The lowest BCUT2D eigenvalue weighted by molar-refractivity contribution is 0.581. The molecular weight excluding hydrogens is 281 g/mol. The summed E-state index contributed by atoms with van der Waals surface area (Å²) >= 11 is 11.3. The van der Waals surface area contributed by atoms with Crippen molar-refractivity contribution < 1.29 is 8.42 Å². The van der Waals surface area contributed by atoms with E-state index in [2.05, 4.69) is 0 Å². The summed E-state index contributed by atoms with van der Waals surface area (Å²) in [5.41, 5.74) is 0.0684. The van der Waals surface area contributed by atoms with E-state index in [0.29, 0.717) is 11.4 Å². The van der Waals surface area contributed by atoms with Gasteiger partial charge in [-0.05, 0) is 31.5 Å². The fourth-order valence-electron chi connectivity index (χ4n) is 1.36. The quantitative estimate of drug-likeness (QED) is 0.801. The van der Waals surface area contributed by atoms with E-state index in [-0.39, 0.29) is 16.3 Å². The van der Waals surface area contributed by atoms with Gasteiger partial charge in [0.1, 0.15) is 6.07 Å². The number of sulfone groups is 1. The van der Waals surface area contributed by atoms with Crippen LogP contribution in [0, 0.1) is 11.3 Å². The van der Waals surface area contributed by atoms with Gasteiger partial charge in [-0.15, -0.1) is 11.6 Å². The summed E-state index contributed by atoms with van der Waals surface area (Å²) in [5.74, 6) is 0.260. The topological polar surface area (TPSA) is 57.9 Å². The largest absolute Gasteiger partial charge is 0.223 e. The Labute approximate surface area is 111 Å². The van der Waals surface area contributed by atoms with Crippen molar-refractivity contribution >= 4 is 33.0 Å². The predicted octanol–water partition coefficient (Wildman–Crippen LogP) is 3.00. The zero-order valence-electron chi connectivity index (χ0n) is 9.15. The average Bonchev–Trinajstić information content (AvgIpc) is 2.28. The number of benzene rings is 1. The van der Waals surface area contributed by atoms with Crippen LogP contribution < -0.4 is 0 Å². The molecule has 0 saturated heterocycles. The van der Waals surface area contributed by atoms with E-state index < -0.39 is 15.1 Å². The Kier molecular flexibility index (Phi) is 4.81. The minimum absolute atomic E-state index is 0.0158. The van der Waals surface area contributed by atoms with E-state index >= 15 is 0 Å². The van der Waals surface area contributed by atoms with Gasteiger partial charge in [0.15, 0.2) is 9.84 Å². The van der Waals surface area contributed by atoms with Crippen molar-refractivity contribution in [3.8, 4) is 6.07 Å². The smallest absolute Gasteiger partial charge is 0.182 e. The van der Waals surface area contributed by atoms with Gasteiger partial charge < -0.3 is 0 Å². The monoisotopic (exact) mass is 291 g/mol. The third-order valence-electron chi connectivity index (χ3n) is 2.41. The van der Waals surface area contributed by atoms with Crippen molar-refractivity contribution in [3.05, 3.63) is 28.8 Å². The Hall–Kier alpha value is -0.760. The Bertz CT molecular complexity index is 549. The molecule has 1 unspecified atom stereocenters. The van der Waals surface area contributed by atoms with Crippen molar-refractivity contribution in [2.75, 3.05) is 5.88 Å². The highest BCUT2D eigenvalue weighted by Gasteiger charge is 2.25. The lowest BCUT2D eigenvalue weighted by Gasteiger charge is -2.12. The maximum Gasteiger partial charge on any atom is 0.182 e. The molecule has 92 valence electrons. The van der Waals surface area contributed by atoms with Crippen molar-refractivity contribution in [3.63, 3.8) is 0 Å². The molecule has 17 heavy (non-hydrogen) atoms. The fourth-order valence-corrected chi connectivity index (χ4v) is 3.52. The lowest BCUT2D eigenvalue weighted by Crippen LogP contribution is -2.19. The number of nitrogens with zero attached hydrogens (tertiary/aromatic N) is 1. The molecule has 1 aromatic carbocycles. The molecule has 0 aromatic heterocycles. The number of nitriles is 1. The Morgan fingerprint density at radius 1 is 1.47 bits per heavy atom. The van der Waals surface area contributed by atoms with Crippen LogP contribution in [0.5, 0.6) is 0 Å². The minimum Gasteiger partial charge on any atom is -0.223 e. The summed E-state index contributed by atoms with van der Waals surface area (Å²) in [6.07, 6.45) is 0.345. The normalized spacial score (nSPS) is 13.1. The lowest BCUT2D eigenvalue weighted by atomic mass is 10.2. The molecular formula is C11H11Cl2NO2S. The van der Waals surface area contributed by atoms with Gasteiger partial charge in [-0.25, -0.2) is 8.42 Å². The van der Waals surface area contributed by atoms with Gasteiger partial charge >= 0.3 is 0 Å². The van der Waals surface area contributed by atoms with Crippen molar-refractivity contribution in [2.24, 2.45) is 0 Å². The summed E-state index contributed by atoms with van der Waals surface area (Å²) < 4.78 is 24.3. The third kappa shape index (κ3) is 3.12. The molecule has 0 aliphatic heterocycles. The molecule has 0 aliphatic rings. The van der Waals surface area contributed by atoms with Gasteiger partial charge in [0.2, 0.25) is 0 Å². The van der Waals surface area contributed by atoms with E-state index in [1.807, 2.05) is 6.07 Å². The van der Waals surface area contributed by atoms with Crippen molar-refractivity contribution in [1.29, 1.82) is 5.26 Å². The summed E-state index contributed by atoms with van der Waals surface area (Å²) in [5, 5.41) is 8.64. The number of hydrogen-bond donors (Lipinski definition) is 0. The molecule has 0 fully saturated rings. The number of alkyl halides is 1. The first kappa shape index (κ1) is 14.3. The molecule has 0 amide bonds. The second kappa shape index (κ2) is 5.72.